The molecule has 0 N–H and O–H groups in total. The average Bonchev–Trinajstić information content (AvgIpc) is 2.04. The van der Waals surface area contributed by atoms with Crippen molar-refractivity contribution in [1.82, 2.24) is 0 Å². The molecular weight excluding hydrogens is 152 g/mol. The highest BCUT2D eigenvalue weighted by atomic mass is 16.5. The van der Waals surface area contributed by atoms with Crippen molar-refractivity contribution in [2.24, 2.45) is 0 Å². The van der Waals surface area contributed by atoms with Gasteiger partial charge >= 0.3 is 5.97 Å². The lowest BCUT2D eigenvalue weighted by molar-refractivity contribution is -0.138. The molecule has 0 aliphatic rings. The van der Waals surface area contributed by atoms with Gasteiger partial charge in [-0.15, -0.1) is 0 Å². The second-order valence-electron chi connectivity index (χ2n) is 2.88. The second kappa shape index (κ2) is 5.81. The van der Waals surface area contributed by atoms with Gasteiger partial charge in [0.15, 0.2) is 0 Å². The first-order valence-corrected chi connectivity index (χ1v) is 4.46. The summed E-state index contributed by atoms with van der Waals surface area (Å²) in [7, 11) is 0. The van der Waals surface area contributed by atoms with Crippen molar-refractivity contribution in [3.63, 3.8) is 0 Å². The summed E-state index contributed by atoms with van der Waals surface area (Å²) in [6, 6.07) is 0. The Labute approximate surface area is 74.6 Å². The highest BCUT2D eigenvalue weighted by molar-refractivity contribution is 5.88. The number of hydrogen-bond donors (Lipinski definition) is 0. The van der Waals surface area contributed by atoms with E-state index < -0.39 is 0 Å². The Bertz CT molecular complexity index is 180. The maximum Gasteiger partial charge on any atom is 0.333 e. The summed E-state index contributed by atoms with van der Waals surface area (Å²) in [6.07, 6.45) is 2.05. The third-order valence-electron chi connectivity index (χ3n) is 1.85. The molecule has 12 heavy (non-hydrogen) atoms. The number of carbonyl (C=O) groups excluding carboxylic acids is 1. The van der Waals surface area contributed by atoms with Gasteiger partial charge in [0.2, 0.25) is 0 Å². The van der Waals surface area contributed by atoms with Crippen LogP contribution in [0, 0.1) is 0 Å². The van der Waals surface area contributed by atoms with E-state index >= 15 is 0 Å². The molecule has 0 saturated heterocycles. The quantitative estimate of drug-likeness (QED) is 0.479. The number of esters is 1. The molecule has 2 heteroatoms. The minimum Gasteiger partial charge on any atom is -0.463 e. The average molecular weight is 170 g/mol. The normalized spacial score (nSPS) is 12.3. The number of ether oxygens (including phenoxy) is 1. The molecule has 0 fully saturated rings. The Morgan fingerprint density at radius 2 is 1.83 bits per heavy atom. The van der Waals surface area contributed by atoms with Gasteiger partial charge in [0.05, 0.1) is 6.61 Å². The van der Waals surface area contributed by atoms with Gasteiger partial charge in [-0.05, 0) is 27.2 Å². The van der Waals surface area contributed by atoms with E-state index in [9.17, 15) is 4.79 Å². The predicted octanol–water partition coefficient (Wildman–Crippen LogP) is 2.69. The third-order valence-corrected chi connectivity index (χ3v) is 1.85. The number of hydrogen-bond acceptors (Lipinski definition) is 2. The molecule has 2 nitrogen and oxygen atoms in total. The molecule has 0 aromatic heterocycles. The van der Waals surface area contributed by atoms with E-state index in [1.807, 2.05) is 20.8 Å². The van der Waals surface area contributed by atoms with Crippen LogP contribution in [0.15, 0.2) is 11.1 Å². The van der Waals surface area contributed by atoms with Gasteiger partial charge < -0.3 is 4.74 Å². The smallest absolute Gasteiger partial charge is 0.333 e. The zero-order valence-electron chi connectivity index (χ0n) is 8.44. The molecule has 0 bridgehead atoms. The minimum atomic E-state index is -0.177. The molecule has 70 valence electrons. The predicted molar refractivity (Wildman–Crippen MR) is 49.9 cm³/mol. The van der Waals surface area contributed by atoms with Gasteiger partial charge in [-0.1, -0.05) is 18.9 Å². The molecule has 0 unspecified atom stereocenters. The SMILES string of the molecule is CCCC(C)=C(C)C(=O)OCC. The van der Waals surface area contributed by atoms with Crippen LogP contribution in [-0.4, -0.2) is 12.6 Å². The van der Waals surface area contributed by atoms with Gasteiger partial charge in [0.25, 0.3) is 0 Å². The Balaban J connectivity index is 4.22. The van der Waals surface area contributed by atoms with Crippen LogP contribution in [-0.2, 0) is 9.53 Å². The zero-order chi connectivity index (χ0) is 9.56. The maximum absolute atomic E-state index is 11.2. The molecule has 0 radical (unpaired) electrons. The summed E-state index contributed by atoms with van der Waals surface area (Å²) >= 11 is 0. The van der Waals surface area contributed by atoms with E-state index in [0.29, 0.717) is 6.61 Å². The van der Waals surface area contributed by atoms with Crippen molar-refractivity contribution in [3.05, 3.63) is 11.1 Å². The van der Waals surface area contributed by atoms with Crippen molar-refractivity contribution >= 4 is 5.97 Å². The fourth-order valence-corrected chi connectivity index (χ4v) is 0.976. The van der Waals surface area contributed by atoms with Crippen LogP contribution in [0.1, 0.15) is 40.5 Å². The molecule has 0 aromatic carbocycles. The summed E-state index contributed by atoms with van der Waals surface area (Å²) < 4.78 is 4.87. The highest BCUT2D eigenvalue weighted by Gasteiger charge is 2.06. The second-order valence-corrected chi connectivity index (χ2v) is 2.88. The van der Waals surface area contributed by atoms with Gasteiger partial charge in [-0.2, -0.15) is 0 Å². The van der Waals surface area contributed by atoms with Crippen LogP contribution in [0.3, 0.4) is 0 Å². The van der Waals surface area contributed by atoms with Crippen LogP contribution in [0.5, 0.6) is 0 Å². The highest BCUT2D eigenvalue weighted by Crippen LogP contribution is 2.11. The number of allylic oxidation sites excluding steroid dienone is 1. The summed E-state index contributed by atoms with van der Waals surface area (Å²) in [5, 5.41) is 0. The van der Waals surface area contributed by atoms with Gasteiger partial charge in [-0.3, -0.25) is 0 Å². The van der Waals surface area contributed by atoms with Crippen molar-refractivity contribution in [2.75, 3.05) is 6.61 Å². The lowest BCUT2D eigenvalue weighted by atomic mass is 10.1. The van der Waals surface area contributed by atoms with Crippen molar-refractivity contribution in [2.45, 2.75) is 40.5 Å². The van der Waals surface area contributed by atoms with E-state index in [1.54, 1.807) is 0 Å². The molecule has 0 atom stereocenters. The van der Waals surface area contributed by atoms with Gasteiger partial charge in [-0.25, -0.2) is 4.79 Å². The largest absolute Gasteiger partial charge is 0.463 e. The lowest BCUT2D eigenvalue weighted by Gasteiger charge is -2.05. The fraction of sp³-hybridized carbons (Fsp3) is 0.700. The van der Waals surface area contributed by atoms with Crippen LogP contribution < -0.4 is 0 Å². The van der Waals surface area contributed by atoms with E-state index in [-0.39, 0.29) is 5.97 Å². The Morgan fingerprint density at radius 1 is 1.25 bits per heavy atom. The molecule has 0 amide bonds. The summed E-state index contributed by atoms with van der Waals surface area (Å²) in [6.45, 7) is 8.18. The van der Waals surface area contributed by atoms with E-state index in [0.717, 1.165) is 24.0 Å². The fourth-order valence-electron chi connectivity index (χ4n) is 0.976. The first kappa shape index (κ1) is 11.2. The summed E-state index contributed by atoms with van der Waals surface area (Å²) in [5.74, 6) is -0.177. The van der Waals surface area contributed by atoms with Crippen LogP contribution in [0.25, 0.3) is 0 Å². The molecule has 0 rings (SSSR count). The monoisotopic (exact) mass is 170 g/mol. The molecule has 0 aromatic rings. The van der Waals surface area contributed by atoms with Crippen LogP contribution in [0.2, 0.25) is 0 Å². The van der Waals surface area contributed by atoms with E-state index in [2.05, 4.69) is 6.92 Å². The zero-order valence-corrected chi connectivity index (χ0v) is 8.44. The summed E-state index contributed by atoms with van der Waals surface area (Å²) in [4.78, 5) is 11.2. The van der Waals surface area contributed by atoms with Crippen molar-refractivity contribution in [1.29, 1.82) is 0 Å². The first-order chi connectivity index (χ1) is 5.63. The minimum absolute atomic E-state index is 0.177. The molecular formula is C10H18O2. The van der Waals surface area contributed by atoms with Crippen LogP contribution >= 0.6 is 0 Å². The summed E-state index contributed by atoms with van der Waals surface area (Å²) in [5.41, 5.74) is 1.90. The third kappa shape index (κ3) is 3.56. The Kier molecular flexibility index (Phi) is 5.43. The molecule has 0 heterocycles. The standard InChI is InChI=1S/C10H18O2/c1-5-7-8(3)9(4)10(11)12-6-2/h5-7H2,1-4H3. The Morgan fingerprint density at radius 3 is 2.25 bits per heavy atom. The topological polar surface area (TPSA) is 26.3 Å². The molecule has 0 spiro atoms. The van der Waals surface area contributed by atoms with E-state index in [1.165, 1.54) is 0 Å². The number of carbonyl (C=O) groups is 1. The van der Waals surface area contributed by atoms with Crippen molar-refractivity contribution in [3.8, 4) is 0 Å². The first-order valence-electron chi connectivity index (χ1n) is 4.46. The van der Waals surface area contributed by atoms with Gasteiger partial charge in [0.1, 0.15) is 0 Å². The maximum atomic E-state index is 11.2. The van der Waals surface area contributed by atoms with Crippen LogP contribution in [0.4, 0.5) is 0 Å². The Hall–Kier alpha value is -0.790. The van der Waals surface area contributed by atoms with Crippen molar-refractivity contribution < 1.29 is 9.53 Å². The van der Waals surface area contributed by atoms with Gasteiger partial charge in [0, 0.05) is 5.57 Å². The lowest BCUT2D eigenvalue weighted by Crippen LogP contribution is -2.06. The molecule has 0 saturated carbocycles. The molecule has 0 aliphatic carbocycles. The molecule has 0 aliphatic heterocycles. The number of rotatable bonds is 4. The van der Waals surface area contributed by atoms with E-state index in [4.69, 9.17) is 4.74 Å².